The number of aromatic nitrogens is 4. The van der Waals surface area contributed by atoms with Gasteiger partial charge >= 0.3 is 5.97 Å². The molecule has 0 aliphatic carbocycles. The van der Waals surface area contributed by atoms with Crippen LogP contribution in [0.4, 0.5) is 5.82 Å². The average Bonchev–Trinajstić information content (AvgIpc) is 2.96. The lowest BCUT2D eigenvalue weighted by Gasteiger charge is -2.12. The van der Waals surface area contributed by atoms with Crippen molar-refractivity contribution < 1.29 is 14.4 Å². The fraction of sp³-hybridized carbons (Fsp3) is 0.417. The van der Waals surface area contributed by atoms with Crippen molar-refractivity contribution in [3.8, 4) is 0 Å². The molecule has 0 amide bonds. The van der Waals surface area contributed by atoms with E-state index in [2.05, 4.69) is 30.2 Å². The summed E-state index contributed by atoms with van der Waals surface area (Å²) in [5.74, 6) is -0.390. The lowest BCUT2D eigenvalue weighted by Crippen LogP contribution is -2.15. The number of aromatic carboxylic acids is 1. The molecule has 2 aromatic rings. The van der Waals surface area contributed by atoms with Crippen molar-refractivity contribution in [3.05, 3.63) is 29.0 Å². The third-order valence-electron chi connectivity index (χ3n) is 2.88. The van der Waals surface area contributed by atoms with Gasteiger partial charge in [0.2, 0.25) is 6.39 Å². The van der Waals surface area contributed by atoms with Gasteiger partial charge in [0.25, 0.3) is 0 Å². The van der Waals surface area contributed by atoms with E-state index in [1.54, 1.807) is 0 Å². The van der Waals surface area contributed by atoms with E-state index in [-0.39, 0.29) is 17.9 Å². The van der Waals surface area contributed by atoms with Gasteiger partial charge in [-0.05, 0) is 18.4 Å². The van der Waals surface area contributed by atoms with Crippen molar-refractivity contribution in [2.45, 2.75) is 33.2 Å². The van der Waals surface area contributed by atoms with E-state index >= 15 is 0 Å². The molecule has 0 unspecified atom stereocenters. The second-order valence-electron chi connectivity index (χ2n) is 4.06. The monoisotopic (exact) mass is 277 g/mol. The third kappa shape index (κ3) is 2.73. The van der Waals surface area contributed by atoms with E-state index in [9.17, 15) is 9.90 Å². The molecular weight excluding hydrogens is 262 g/mol. The minimum Gasteiger partial charge on any atom is -0.478 e. The van der Waals surface area contributed by atoms with Crippen LogP contribution in [-0.4, -0.2) is 31.4 Å². The minimum atomic E-state index is -1.03. The summed E-state index contributed by atoms with van der Waals surface area (Å²) in [6.45, 7) is 4.03. The van der Waals surface area contributed by atoms with E-state index < -0.39 is 5.97 Å². The van der Waals surface area contributed by atoms with E-state index in [0.29, 0.717) is 29.9 Å². The fourth-order valence-electron chi connectivity index (χ4n) is 1.96. The van der Waals surface area contributed by atoms with Gasteiger partial charge in [-0.15, -0.1) is 5.10 Å². The lowest BCUT2D eigenvalue weighted by atomic mass is 10.0. The molecule has 0 radical (unpaired) electrons. The van der Waals surface area contributed by atoms with Crippen molar-refractivity contribution in [2.75, 3.05) is 5.32 Å². The Morgan fingerprint density at radius 3 is 2.70 bits per heavy atom. The van der Waals surface area contributed by atoms with Crippen LogP contribution in [0.2, 0.25) is 0 Å². The molecule has 20 heavy (non-hydrogen) atoms. The summed E-state index contributed by atoms with van der Waals surface area (Å²) in [6, 6.07) is 0. The van der Waals surface area contributed by atoms with Crippen LogP contribution in [0.5, 0.6) is 0 Å². The Kier molecular flexibility index (Phi) is 4.24. The van der Waals surface area contributed by atoms with Crippen LogP contribution in [0, 0.1) is 0 Å². The summed E-state index contributed by atoms with van der Waals surface area (Å²) in [5.41, 5.74) is 1.56. The van der Waals surface area contributed by atoms with Crippen LogP contribution in [0.1, 0.15) is 41.3 Å². The molecule has 2 heterocycles. The molecule has 2 rings (SSSR count). The molecular formula is C12H15N5O3. The van der Waals surface area contributed by atoms with Gasteiger partial charge in [0.1, 0.15) is 5.56 Å². The number of carbonyl (C=O) groups is 1. The summed E-state index contributed by atoms with van der Waals surface area (Å²) in [6.07, 6.45) is 2.43. The molecule has 8 heteroatoms. The molecule has 0 atom stereocenters. The number of carboxylic acids is 1. The van der Waals surface area contributed by atoms with Crippen LogP contribution in [0.3, 0.4) is 0 Å². The van der Waals surface area contributed by atoms with E-state index in [4.69, 9.17) is 0 Å². The fourth-order valence-corrected chi connectivity index (χ4v) is 1.96. The van der Waals surface area contributed by atoms with Gasteiger partial charge < -0.3 is 14.9 Å². The summed E-state index contributed by atoms with van der Waals surface area (Å²) >= 11 is 0. The number of hydrogen-bond acceptors (Lipinski definition) is 7. The molecule has 0 fully saturated rings. The summed E-state index contributed by atoms with van der Waals surface area (Å²) in [5, 5.41) is 23.9. The van der Waals surface area contributed by atoms with E-state index in [1.165, 1.54) is 6.39 Å². The van der Waals surface area contributed by atoms with Gasteiger partial charge in [0.15, 0.2) is 11.6 Å². The van der Waals surface area contributed by atoms with Gasteiger partial charge in [0, 0.05) is 0 Å². The topological polar surface area (TPSA) is 114 Å². The van der Waals surface area contributed by atoms with Gasteiger partial charge in [0.05, 0.1) is 12.2 Å². The number of nitrogens with zero attached hydrogens (tertiary/aromatic N) is 4. The molecule has 8 nitrogen and oxygen atoms in total. The zero-order chi connectivity index (χ0) is 14.5. The largest absolute Gasteiger partial charge is 0.478 e. The molecule has 0 bridgehead atoms. The standard InChI is InChI=1S/C12H15N5O3/c1-3-7-8(4-2)15-16-11(10(7)12(18)19)13-5-9-14-6-20-17-9/h6H,3-5H2,1-2H3,(H,13,16)(H,18,19). The van der Waals surface area contributed by atoms with E-state index in [0.717, 1.165) is 0 Å². The van der Waals surface area contributed by atoms with Crippen molar-refractivity contribution in [3.63, 3.8) is 0 Å². The molecule has 0 aliphatic rings. The van der Waals surface area contributed by atoms with Gasteiger partial charge in [-0.3, -0.25) is 0 Å². The Balaban J connectivity index is 2.34. The Morgan fingerprint density at radius 2 is 2.15 bits per heavy atom. The molecule has 2 N–H and O–H groups in total. The summed E-state index contributed by atoms with van der Waals surface area (Å²) in [7, 11) is 0. The minimum absolute atomic E-state index is 0.155. The van der Waals surface area contributed by atoms with Crippen LogP contribution >= 0.6 is 0 Å². The number of anilines is 1. The predicted molar refractivity (Wildman–Crippen MR) is 69.4 cm³/mol. The maximum atomic E-state index is 11.5. The van der Waals surface area contributed by atoms with Crippen LogP contribution < -0.4 is 5.32 Å². The van der Waals surface area contributed by atoms with Gasteiger partial charge in [-0.2, -0.15) is 10.1 Å². The second-order valence-corrected chi connectivity index (χ2v) is 4.06. The summed E-state index contributed by atoms with van der Waals surface area (Å²) < 4.78 is 4.61. The van der Waals surface area contributed by atoms with Crippen LogP contribution in [0.15, 0.2) is 10.9 Å². The van der Waals surface area contributed by atoms with Crippen molar-refractivity contribution in [1.29, 1.82) is 0 Å². The Labute approximate surface area is 115 Å². The third-order valence-corrected chi connectivity index (χ3v) is 2.88. The zero-order valence-corrected chi connectivity index (χ0v) is 11.3. The first-order valence-corrected chi connectivity index (χ1v) is 6.28. The van der Waals surface area contributed by atoms with Gasteiger partial charge in [-0.25, -0.2) is 4.79 Å². The highest BCUT2D eigenvalue weighted by molar-refractivity contribution is 5.95. The molecule has 0 saturated heterocycles. The van der Waals surface area contributed by atoms with Crippen LogP contribution in [-0.2, 0) is 19.4 Å². The highest BCUT2D eigenvalue weighted by Crippen LogP contribution is 2.21. The first-order chi connectivity index (χ1) is 9.67. The molecule has 0 aromatic carbocycles. The van der Waals surface area contributed by atoms with Crippen molar-refractivity contribution in [2.24, 2.45) is 0 Å². The number of aryl methyl sites for hydroxylation is 1. The predicted octanol–water partition coefficient (Wildman–Crippen LogP) is 1.29. The highest BCUT2D eigenvalue weighted by Gasteiger charge is 2.20. The Bertz CT molecular complexity index is 597. The average molecular weight is 277 g/mol. The number of hydrogen-bond donors (Lipinski definition) is 2. The number of rotatable bonds is 6. The maximum Gasteiger partial charge on any atom is 0.339 e. The Hall–Kier alpha value is -2.51. The second kappa shape index (κ2) is 6.09. The molecule has 2 aromatic heterocycles. The normalized spacial score (nSPS) is 10.5. The molecule has 106 valence electrons. The lowest BCUT2D eigenvalue weighted by molar-refractivity contribution is 0.0696. The zero-order valence-electron chi connectivity index (χ0n) is 11.3. The molecule has 0 saturated carbocycles. The SMILES string of the molecule is CCc1nnc(NCc2ncon2)c(C(=O)O)c1CC. The molecule has 0 aliphatic heterocycles. The molecule has 0 spiro atoms. The first-order valence-electron chi connectivity index (χ1n) is 6.28. The van der Waals surface area contributed by atoms with E-state index in [1.807, 2.05) is 13.8 Å². The highest BCUT2D eigenvalue weighted by atomic mass is 16.5. The Morgan fingerprint density at radius 1 is 1.35 bits per heavy atom. The van der Waals surface area contributed by atoms with Crippen molar-refractivity contribution >= 4 is 11.8 Å². The number of carboxylic acid groups (broad SMARTS) is 1. The first kappa shape index (κ1) is 13.9. The quantitative estimate of drug-likeness (QED) is 0.811. The number of nitrogens with one attached hydrogen (secondary N) is 1. The van der Waals surface area contributed by atoms with Crippen LogP contribution in [0.25, 0.3) is 0 Å². The maximum absolute atomic E-state index is 11.5. The smallest absolute Gasteiger partial charge is 0.339 e. The van der Waals surface area contributed by atoms with Crippen molar-refractivity contribution in [1.82, 2.24) is 20.3 Å². The summed E-state index contributed by atoms with van der Waals surface area (Å²) in [4.78, 5) is 15.3. The van der Waals surface area contributed by atoms with Gasteiger partial charge in [-0.1, -0.05) is 19.0 Å².